The molecule has 0 aromatic carbocycles. The van der Waals surface area contributed by atoms with Crippen LogP contribution in [0.4, 0.5) is 4.79 Å². The number of hydrogen-bond acceptors (Lipinski definition) is 3. The molecule has 0 aromatic heterocycles. The van der Waals surface area contributed by atoms with Crippen molar-refractivity contribution in [2.75, 3.05) is 13.2 Å². The smallest absolute Gasteiger partial charge is 0.431 e. The number of amides is 1. The van der Waals surface area contributed by atoms with Crippen molar-refractivity contribution < 1.29 is 19.5 Å². The number of carbonyl (C=O) groups excluding carboxylic acids is 1. The first-order chi connectivity index (χ1) is 5.22. The Bertz CT molecular complexity index is 137. The van der Waals surface area contributed by atoms with E-state index >= 15 is 0 Å². The number of aldehydes is 1. The second-order valence-electron chi connectivity index (χ2n) is 1.77. The third-order valence-corrected chi connectivity index (χ3v) is 0.983. The molecule has 11 heavy (non-hydrogen) atoms. The zero-order chi connectivity index (χ0) is 8.69. The minimum Gasteiger partial charge on any atom is -0.463 e. The van der Waals surface area contributed by atoms with Crippen molar-refractivity contribution in [3.63, 3.8) is 0 Å². The fourth-order valence-corrected chi connectivity index (χ4v) is 0.493. The maximum Gasteiger partial charge on any atom is 0.431 e. The molecular weight excluding hydrogens is 150 g/mol. The highest BCUT2D eigenvalue weighted by atomic mass is 16.7. The van der Waals surface area contributed by atoms with Crippen LogP contribution in [0.5, 0.6) is 0 Å². The molecule has 0 aliphatic rings. The van der Waals surface area contributed by atoms with E-state index in [0.29, 0.717) is 6.29 Å². The molecule has 0 fully saturated rings. The van der Waals surface area contributed by atoms with Gasteiger partial charge in [-0.25, -0.2) is 4.79 Å². The maximum atomic E-state index is 10.2. The molecule has 64 valence electrons. The summed E-state index contributed by atoms with van der Waals surface area (Å²) in [5, 5.41) is 9.17. The lowest BCUT2D eigenvalue weighted by molar-refractivity contribution is -0.133. The van der Waals surface area contributed by atoms with Crippen molar-refractivity contribution in [3.8, 4) is 0 Å². The highest BCUT2D eigenvalue weighted by Gasteiger charge is 2.07. The van der Waals surface area contributed by atoms with Gasteiger partial charge in [-0.2, -0.15) is 5.06 Å². The van der Waals surface area contributed by atoms with Gasteiger partial charge in [-0.05, 0) is 6.92 Å². The Morgan fingerprint density at radius 2 is 2.36 bits per heavy atom. The molecule has 0 aromatic rings. The fourth-order valence-electron chi connectivity index (χ4n) is 0.493. The van der Waals surface area contributed by atoms with E-state index in [1.807, 2.05) is 0 Å². The van der Waals surface area contributed by atoms with Crippen molar-refractivity contribution in [3.05, 3.63) is 0 Å². The quantitative estimate of drug-likeness (QED) is 0.362. The SMILES string of the molecule is CCN(OCCC=O)C(=O)O. The zero-order valence-corrected chi connectivity index (χ0v) is 6.32. The summed E-state index contributed by atoms with van der Waals surface area (Å²) in [6, 6.07) is 0. The Morgan fingerprint density at radius 3 is 2.73 bits per heavy atom. The lowest BCUT2D eigenvalue weighted by Gasteiger charge is -2.14. The predicted octanol–water partition coefficient (Wildman–Crippen LogP) is 0.507. The van der Waals surface area contributed by atoms with E-state index in [-0.39, 0.29) is 19.6 Å². The third-order valence-electron chi connectivity index (χ3n) is 0.983. The number of carbonyl (C=O) groups is 2. The molecule has 0 aliphatic carbocycles. The van der Waals surface area contributed by atoms with Crippen LogP contribution in [-0.4, -0.2) is 35.7 Å². The average Bonchev–Trinajstić information content (AvgIpc) is 1.97. The van der Waals surface area contributed by atoms with Gasteiger partial charge >= 0.3 is 6.09 Å². The van der Waals surface area contributed by atoms with Crippen LogP contribution in [0, 0.1) is 0 Å². The topological polar surface area (TPSA) is 66.8 Å². The van der Waals surface area contributed by atoms with Crippen LogP contribution in [0.3, 0.4) is 0 Å². The van der Waals surface area contributed by atoms with Gasteiger partial charge in [0.25, 0.3) is 0 Å². The van der Waals surface area contributed by atoms with Crippen LogP contribution in [-0.2, 0) is 9.63 Å². The van der Waals surface area contributed by atoms with E-state index in [4.69, 9.17) is 9.94 Å². The molecule has 0 heterocycles. The van der Waals surface area contributed by atoms with Crippen molar-refractivity contribution in [1.82, 2.24) is 5.06 Å². The maximum absolute atomic E-state index is 10.2. The van der Waals surface area contributed by atoms with Crippen LogP contribution >= 0.6 is 0 Å². The highest BCUT2D eigenvalue weighted by Crippen LogP contribution is 1.91. The first-order valence-electron chi connectivity index (χ1n) is 3.29. The molecule has 0 atom stereocenters. The molecule has 0 saturated carbocycles. The van der Waals surface area contributed by atoms with E-state index in [1.165, 1.54) is 0 Å². The number of rotatable bonds is 5. The lowest BCUT2D eigenvalue weighted by atomic mass is 10.5. The number of hydroxylamine groups is 2. The first kappa shape index (κ1) is 9.90. The van der Waals surface area contributed by atoms with E-state index < -0.39 is 6.09 Å². The number of carboxylic acid groups (broad SMARTS) is 1. The molecule has 0 aliphatic heterocycles. The van der Waals surface area contributed by atoms with Gasteiger partial charge in [-0.15, -0.1) is 0 Å². The Labute approximate surface area is 64.5 Å². The summed E-state index contributed by atoms with van der Waals surface area (Å²) in [6.45, 7) is 2.02. The van der Waals surface area contributed by atoms with Crippen molar-refractivity contribution in [2.45, 2.75) is 13.3 Å². The Balaban J connectivity index is 3.52. The van der Waals surface area contributed by atoms with E-state index in [2.05, 4.69) is 0 Å². The van der Waals surface area contributed by atoms with Crippen LogP contribution < -0.4 is 0 Å². The molecule has 0 saturated heterocycles. The van der Waals surface area contributed by atoms with Crippen LogP contribution in [0.15, 0.2) is 0 Å². The summed E-state index contributed by atoms with van der Waals surface area (Å²) in [7, 11) is 0. The Hall–Kier alpha value is -1.10. The van der Waals surface area contributed by atoms with Crippen LogP contribution in [0.25, 0.3) is 0 Å². The highest BCUT2D eigenvalue weighted by molar-refractivity contribution is 5.63. The monoisotopic (exact) mass is 161 g/mol. The molecule has 1 amide bonds. The van der Waals surface area contributed by atoms with E-state index in [1.54, 1.807) is 6.92 Å². The first-order valence-corrected chi connectivity index (χ1v) is 3.29. The molecule has 0 radical (unpaired) electrons. The Kier molecular flexibility index (Phi) is 5.10. The summed E-state index contributed by atoms with van der Waals surface area (Å²) in [5.41, 5.74) is 0. The van der Waals surface area contributed by atoms with Crippen LogP contribution in [0.1, 0.15) is 13.3 Å². The zero-order valence-electron chi connectivity index (χ0n) is 6.32. The number of nitrogens with zero attached hydrogens (tertiary/aromatic N) is 1. The summed E-state index contributed by atoms with van der Waals surface area (Å²) >= 11 is 0. The predicted molar refractivity (Wildman–Crippen MR) is 37.0 cm³/mol. The Morgan fingerprint density at radius 1 is 1.73 bits per heavy atom. The number of hydrogen-bond donors (Lipinski definition) is 1. The van der Waals surface area contributed by atoms with Gasteiger partial charge < -0.3 is 9.90 Å². The standard InChI is InChI=1S/C6H11NO4/c1-2-7(6(9)10)11-5-3-4-8/h4H,2-3,5H2,1H3,(H,9,10). The van der Waals surface area contributed by atoms with Crippen LogP contribution in [0.2, 0.25) is 0 Å². The molecule has 0 unspecified atom stereocenters. The van der Waals surface area contributed by atoms with E-state index in [0.717, 1.165) is 5.06 Å². The minimum absolute atomic E-state index is 0.115. The second kappa shape index (κ2) is 5.67. The summed E-state index contributed by atoms with van der Waals surface area (Å²) in [4.78, 5) is 24.7. The van der Waals surface area contributed by atoms with Crippen molar-refractivity contribution in [1.29, 1.82) is 0 Å². The van der Waals surface area contributed by atoms with Crippen molar-refractivity contribution >= 4 is 12.4 Å². The fraction of sp³-hybridized carbons (Fsp3) is 0.667. The molecule has 0 rings (SSSR count). The largest absolute Gasteiger partial charge is 0.463 e. The molecule has 1 N–H and O–H groups in total. The third kappa shape index (κ3) is 4.32. The summed E-state index contributed by atoms with van der Waals surface area (Å²) < 4.78 is 0. The molecule has 5 nitrogen and oxygen atoms in total. The molecule has 0 spiro atoms. The van der Waals surface area contributed by atoms with Gasteiger partial charge in [0.15, 0.2) is 0 Å². The molecule has 0 bridgehead atoms. The molecular formula is C6H11NO4. The van der Waals surface area contributed by atoms with Gasteiger partial charge in [0.1, 0.15) is 6.29 Å². The summed E-state index contributed by atoms with van der Waals surface area (Å²) in [5.74, 6) is 0. The van der Waals surface area contributed by atoms with Crippen molar-refractivity contribution in [2.24, 2.45) is 0 Å². The van der Waals surface area contributed by atoms with Gasteiger partial charge in [-0.1, -0.05) is 0 Å². The summed E-state index contributed by atoms with van der Waals surface area (Å²) in [6.07, 6.45) is -0.252. The normalized spacial score (nSPS) is 9.18. The van der Waals surface area contributed by atoms with Gasteiger partial charge in [0, 0.05) is 13.0 Å². The minimum atomic E-state index is -1.14. The van der Waals surface area contributed by atoms with Gasteiger partial charge in [0.2, 0.25) is 0 Å². The van der Waals surface area contributed by atoms with Gasteiger partial charge in [0.05, 0.1) is 6.61 Å². The molecule has 5 heteroatoms. The average molecular weight is 161 g/mol. The lowest BCUT2D eigenvalue weighted by Crippen LogP contribution is -2.29. The van der Waals surface area contributed by atoms with E-state index in [9.17, 15) is 9.59 Å². The van der Waals surface area contributed by atoms with Gasteiger partial charge in [-0.3, -0.25) is 4.84 Å². The second-order valence-corrected chi connectivity index (χ2v) is 1.77.